The van der Waals surface area contributed by atoms with Gasteiger partial charge in [-0.05, 0) is 56.3 Å². The monoisotopic (exact) mass is 355 g/mol. The lowest BCUT2D eigenvalue weighted by Crippen LogP contribution is -2.61. The molecule has 3 aliphatic heterocycles. The molecule has 2 aliphatic carbocycles. The molecule has 1 aromatic rings. The second kappa shape index (κ2) is 5.30. The van der Waals surface area contributed by atoms with Gasteiger partial charge in [-0.1, -0.05) is 24.3 Å². The highest BCUT2D eigenvalue weighted by Crippen LogP contribution is 2.68. The fraction of sp³-hybridized carbons (Fsp3) is 0.600. The lowest BCUT2D eigenvalue weighted by molar-refractivity contribution is -0.137. The first kappa shape index (κ1) is 16.3. The number of rotatable bonds is 4. The number of benzene rings is 1. The maximum absolute atomic E-state index is 12.6. The third-order valence-corrected chi connectivity index (χ3v) is 7.17. The Labute approximate surface area is 152 Å². The van der Waals surface area contributed by atoms with Crippen molar-refractivity contribution in [2.75, 3.05) is 19.6 Å². The van der Waals surface area contributed by atoms with Crippen molar-refractivity contribution in [2.45, 2.75) is 49.2 Å². The van der Waals surface area contributed by atoms with E-state index < -0.39 is 16.6 Å². The molecule has 1 aromatic carbocycles. The van der Waals surface area contributed by atoms with E-state index in [0.717, 1.165) is 37.9 Å². The van der Waals surface area contributed by atoms with Crippen LogP contribution in [0, 0.1) is 5.41 Å². The minimum Gasteiger partial charge on any atom is -0.369 e. The van der Waals surface area contributed by atoms with Crippen LogP contribution >= 0.6 is 0 Å². The summed E-state index contributed by atoms with van der Waals surface area (Å²) < 4.78 is 6.51. The molecule has 1 unspecified atom stereocenters. The van der Waals surface area contributed by atoms with Gasteiger partial charge in [0.25, 0.3) is 0 Å². The number of carbonyl (C=O) groups excluding carboxylic acids is 2. The van der Waals surface area contributed by atoms with Gasteiger partial charge in [0, 0.05) is 6.54 Å². The Morgan fingerprint density at radius 1 is 1.23 bits per heavy atom. The number of hydrogen-bond acceptors (Lipinski definition) is 4. The second-order valence-corrected chi connectivity index (χ2v) is 8.50. The maximum atomic E-state index is 12.6. The lowest BCUT2D eigenvalue weighted by Gasteiger charge is -2.47. The minimum absolute atomic E-state index is 0.0576. The molecule has 0 radical (unpaired) electrons. The predicted molar refractivity (Wildman–Crippen MR) is 95.4 cm³/mol. The van der Waals surface area contributed by atoms with Gasteiger partial charge >= 0.3 is 0 Å². The summed E-state index contributed by atoms with van der Waals surface area (Å²) in [5, 5.41) is 6.42. The quantitative estimate of drug-likeness (QED) is 0.737. The highest BCUT2D eigenvalue weighted by atomic mass is 16.5. The first-order valence-electron chi connectivity index (χ1n) is 9.56. The average molecular weight is 355 g/mol. The Morgan fingerprint density at radius 3 is 2.65 bits per heavy atom. The number of nitrogens with one attached hydrogen (secondary N) is 2. The Balaban J connectivity index is 1.28. The number of amides is 2. The molecule has 6 nitrogen and oxygen atoms in total. The van der Waals surface area contributed by atoms with Crippen molar-refractivity contribution in [3.05, 3.63) is 35.4 Å². The molecular formula is C20H25N3O3. The summed E-state index contributed by atoms with van der Waals surface area (Å²) in [4.78, 5) is 24.9. The summed E-state index contributed by atoms with van der Waals surface area (Å²) >= 11 is 0. The van der Waals surface area contributed by atoms with E-state index in [2.05, 4.69) is 16.7 Å². The molecule has 4 N–H and O–H groups in total. The van der Waals surface area contributed by atoms with Crippen LogP contribution in [0.2, 0.25) is 0 Å². The summed E-state index contributed by atoms with van der Waals surface area (Å²) in [7, 11) is 0. The normalized spacial score (nSPS) is 35.9. The van der Waals surface area contributed by atoms with Crippen LogP contribution in [-0.2, 0) is 20.7 Å². The lowest BCUT2D eigenvalue weighted by atomic mass is 9.53. The zero-order chi connectivity index (χ0) is 18.0. The summed E-state index contributed by atoms with van der Waals surface area (Å²) in [6.45, 7) is 2.15. The van der Waals surface area contributed by atoms with Crippen LogP contribution in [0.15, 0.2) is 24.3 Å². The van der Waals surface area contributed by atoms with E-state index in [1.54, 1.807) is 0 Å². The summed E-state index contributed by atoms with van der Waals surface area (Å²) in [5.74, 6) is -0.242. The molecule has 2 bridgehead atoms. The van der Waals surface area contributed by atoms with Gasteiger partial charge in [-0.15, -0.1) is 0 Å². The van der Waals surface area contributed by atoms with E-state index in [-0.39, 0.29) is 17.7 Å². The van der Waals surface area contributed by atoms with Crippen molar-refractivity contribution in [1.82, 2.24) is 10.6 Å². The average Bonchev–Trinajstić information content (AvgIpc) is 2.99. The molecule has 6 rings (SSSR count). The largest absolute Gasteiger partial charge is 0.369 e. The van der Waals surface area contributed by atoms with Crippen LogP contribution in [0.1, 0.15) is 42.7 Å². The summed E-state index contributed by atoms with van der Waals surface area (Å²) in [6.07, 6.45) is 3.69. The Kier molecular flexibility index (Phi) is 3.32. The van der Waals surface area contributed by atoms with Crippen LogP contribution in [0.5, 0.6) is 0 Å². The summed E-state index contributed by atoms with van der Waals surface area (Å²) in [5.41, 5.74) is 6.76. The van der Waals surface area contributed by atoms with Crippen LogP contribution in [-0.4, -0.2) is 42.7 Å². The van der Waals surface area contributed by atoms with E-state index in [9.17, 15) is 9.59 Å². The molecule has 4 fully saturated rings. The number of carbonyl (C=O) groups is 2. The third kappa shape index (κ3) is 2.00. The van der Waals surface area contributed by atoms with Gasteiger partial charge in [0.05, 0.1) is 22.5 Å². The van der Waals surface area contributed by atoms with E-state index in [1.165, 1.54) is 5.56 Å². The topological polar surface area (TPSA) is 93.5 Å². The van der Waals surface area contributed by atoms with Crippen molar-refractivity contribution in [3.63, 3.8) is 0 Å². The SMILES string of the molecule is NC(=O)C12CC(CNC(=O)C3Cc4ccccc43)(C1)OC21CCNCC1. The van der Waals surface area contributed by atoms with Crippen molar-refractivity contribution >= 4 is 11.8 Å². The van der Waals surface area contributed by atoms with E-state index in [0.29, 0.717) is 19.4 Å². The molecule has 0 aromatic heterocycles. The molecule has 2 amide bonds. The standard InChI is InChI=1S/C20H25N3O3/c21-17(25)19-10-18(11-19,26-20(19)5-7-22-8-6-20)12-23-16(24)15-9-13-3-1-2-4-14(13)15/h1-4,15,22H,5-12H2,(H2,21,25)(H,23,24). The molecule has 1 spiro atoms. The van der Waals surface area contributed by atoms with Crippen LogP contribution in [0.25, 0.3) is 0 Å². The third-order valence-electron chi connectivity index (χ3n) is 7.17. The maximum Gasteiger partial charge on any atom is 0.227 e. The van der Waals surface area contributed by atoms with Gasteiger partial charge in [0.15, 0.2) is 0 Å². The molecule has 3 saturated heterocycles. The van der Waals surface area contributed by atoms with Gasteiger partial charge in [0.2, 0.25) is 11.8 Å². The Hall–Kier alpha value is -1.92. The van der Waals surface area contributed by atoms with Crippen molar-refractivity contribution in [2.24, 2.45) is 11.1 Å². The molecule has 1 atom stereocenters. The fourth-order valence-electron chi connectivity index (χ4n) is 5.79. The smallest absolute Gasteiger partial charge is 0.227 e. The van der Waals surface area contributed by atoms with E-state index >= 15 is 0 Å². The second-order valence-electron chi connectivity index (χ2n) is 8.50. The number of fused-ring (bicyclic) bond motifs is 1. The van der Waals surface area contributed by atoms with Crippen LogP contribution < -0.4 is 16.4 Å². The van der Waals surface area contributed by atoms with E-state index in [1.807, 2.05) is 18.2 Å². The van der Waals surface area contributed by atoms with Crippen LogP contribution in [0.4, 0.5) is 0 Å². The first-order chi connectivity index (χ1) is 12.5. The Bertz CT molecular complexity index is 778. The predicted octanol–water partition coefficient (Wildman–Crippen LogP) is 0.599. The molecule has 26 heavy (non-hydrogen) atoms. The zero-order valence-corrected chi connectivity index (χ0v) is 14.8. The van der Waals surface area contributed by atoms with E-state index in [4.69, 9.17) is 10.5 Å². The van der Waals surface area contributed by atoms with Gasteiger partial charge in [-0.25, -0.2) is 0 Å². The summed E-state index contributed by atoms with van der Waals surface area (Å²) in [6, 6.07) is 8.09. The van der Waals surface area contributed by atoms with Crippen molar-refractivity contribution in [3.8, 4) is 0 Å². The highest BCUT2D eigenvalue weighted by molar-refractivity contribution is 5.87. The fourth-order valence-corrected chi connectivity index (χ4v) is 5.79. The molecule has 3 heterocycles. The molecule has 6 heteroatoms. The number of nitrogens with two attached hydrogens (primary N) is 1. The molecule has 1 saturated carbocycles. The molecule has 138 valence electrons. The molecule has 5 aliphatic rings. The van der Waals surface area contributed by atoms with Gasteiger partial charge < -0.3 is 21.1 Å². The minimum atomic E-state index is -0.553. The number of piperidine rings is 1. The molecular weight excluding hydrogens is 330 g/mol. The number of ether oxygens (including phenoxy) is 1. The zero-order valence-electron chi connectivity index (χ0n) is 14.8. The van der Waals surface area contributed by atoms with Gasteiger partial charge in [-0.3, -0.25) is 9.59 Å². The number of primary amides is 1. The van der Waals surface area contributed by atoms with Crippen molar-refractivity contribution < 1.29 is 14.3 Å². The van der Waals surface area contributed by atoms with Gasteiger partial charge in [-0.2, -0.15) is 0 Å². The number of hydrogen-bond donors (Lipinski definition) is 3. The highest BCUT2D eigenvalue weighted by Gasteiger charge is 2.77. The van der Waals surface area contributed by atoms with Gasteiger partial charge in [0.1, 0.15) is 0 Å². The van der Waals surface area contributed by atoms with Crippen molar-refractivity contribution in [1.29, 1.82) is 0 Å². The Morgan fingerprint density at radius 2 is 1.96 bits per heavy atom. The first-order valence-corrected chi connectivity index (χ1v) is 9.56. The van der Waals surface area contributed by atoms with Crippen LogP contribution in [0.3, 0.4) is 0 Å².